The third-order valence-corrected chi connectivity index (χ3v) is 5.93. The van der Waals surface area contributed by atoms with Gasteiger partial charge in [-0.2, -0.15) is 0 Å². The summed E-state index contributed by atoms with van der Waals surface area (Å²) in [5, 5.41) is 3.95. The van der Waals surface area contributed by atoms with Crippen molar-refractivity contribution in [3.63, 3.8) is 0 Å². The van der Waals surface area contributed by atoms with Gasteiger partial charge in [0.05, 0.1) is 5.02 Å². The molecular weight excluding hydrogens is 373 g/mol. The number of thiophene rings is 2. The van der Waals surface area contributed by atoms with Crippen molar-refractivity contribution < 1.29 is 9.53 Å². The minimum absolute atomic E-state index is 0.236. The van der Waals surface area contributed by atoms with Gasteiger partial charge >= 0.3 is 5.97 Å². The molecule has 2 aromatic heterocycles. The maximum atomic E-state index is 12.0. The maximum Gasteiger partial charge on any atom is 0.363 e. The lowest BCUT2D eigenvalue weighted by Gasteiger charge is -1.95. The zero-order valence-corrected chi connectivity index (χ0v) is 14.5. The van der Waals surface area contributed by atoms with E-state index in [1.165, 1.54) is 22.7 Å². The molecule has 0 amide bonds. The smallest absolute Gasteiger partial charge is 0.363 e. The third-order valence-electron chi connectivity index (χ3n) is 3.23. The Balaban J connectivity index is 1.79. The fourth-order valence-corrected chi connectivity index (χ4v) is 4.56. The number of hydrogen-bond donors (Lipinski definition) is 0. The van der Waals surface area contributed by atoms with Crippen LogP contribution in [-0.4, -0.2) is 11.9 Å². The molecule has 0 radical (unpaired) electrons. The van der Waals surface area contributed by atoms with Crippen molar-refractivity contribution in [1.82, 2.24) is 0 Å². The summed E-state index contributed by atoms with van der Waals surface area (Å²) in [6.07, 6.45) is 1.71. The molecule has 1 aromatic carbocycles. The fourth-order valence-electron chi connectivity index (χ4n) is 2.19. The quantitative estimate of drug-likeness (QED) is 0.428. The predicted molar refractivity (Wildman–Crippen MR) is 96.8 cm³/mol. The lowest BCUT2D eigenvalue weighted by molar-refractivity contribution is -0.129. The summed E-state index contributed by atoms with van der Waals surface area (Å²) in [7, 11) is 0. The molecule has 0 bridgehead atoms. The number of esters is 1. The molecule has 0 atom stereocenters. The zero-order valence-electron chi connectivity index (χ0n) is 11.4. The number of carbonyl (C=O) groups is 1. The average Bonchev–Trinajstić information content (AvgIpc) is 3.21. The molecule has 0 saturated heterocycles. The van der Waals surface area contributed by atoms with Crippen molar-refractivity contribution in [2.45, 2.75) is 0 Å². The van der Waals surface area contributed by atoms with Crippen molar-refractivity contribution in [3.05, 3.63) is 61.2 Å². The predicted octanol–water partition coefficient (Wildman–Crippen LogP) is 5.61. The molecule has 0 fully saturated rings. The Labute approximate surface area is 149 Å². The first kappa shape index (κ1) is 14.9. The topological polar surface area (TPSA) is 38.7 Å². The van der Waals surface area contributed by atoms with E-state index < -0.39 is 5.97 Å². The van der Waals surface area contributed by atoms with E-state index in [1.807, 2.05) is 29.6 Å². The number of aliphatic imine (C=N–C) groups is 1. The second kappa shape index (κ2) is 5.76. The number of fused-ring (bicyclic) bond motifs is 1. The van der Waals surface area contributed by atoms with Gasteiger partial charge in [-0.25, -0.2) is 9.79 Å². The van der Waals surface area contributed by atoms with E-state index in [2.05, 4.69) is 4.99 Å². The minimum Gasteiger partial charge on any atom is -0.401 e. The second-order valence-electron chi connectivity index (χ2n) is 4.74. The van der Waals surface area contributed by atoms with Crippen molar-refractivity contribution >= 4 is 73.9 Å². The minimum atomic E-state index is -0.472. The molecule has 0 unspecified atom stereocenters. The normalized spacial score (nSPS) is 16.2. The third kappa shape index (κ3) is 2.70. The first-order valence-electron chi connectivity index (χ1n) is 6.56. The molecule has 3 nitrogen and oxygen atoms in total. The molecular formula is C16H7Cl2NO2S2. The Morgan fingerprint density at radius 3 is 2.87 bits per heavy atom. The molecule has 3 heterocycles. The molecule has 0 spiro atoms. The van der Waals surface area contributed by atoms with E-state index >= 15 is 0 Å². The van der Waals surface area contributed by atoms with Crippen molar-refractivity contribution in [3.8, 4) is 0 Å². The number of nitrogens with zero attached hydrogens (tertiary/aromatic N) is 1. The lowest BCUT2D eigenvalue weighted by atomic mass is 10.2. The van der Waals surface area contributed by atoms with Gasteiger partial charge in [0, 0.05) is 20.0 Å². The average molecular weight is 380 g/mol. The second-order valence-corrected chi connectivity index (χ2v) is 7.58. The Kier molecular flexibility index (Phi) is 3.73. The molecule has 1 aliphatic rings. The van der Waals surface area contributed by atoms with Crippen molar-refractivity contribution in [2.75, 3.05) is 0 Å². The molecule has 4 rings (SSSR count). The number of carbonyl (C=O) groups excluding carboxylic acids is 1. The summed E-state index contributed by atoms with van der Waals surface area (Å²) in [4.78, 5) is 17.9. The summed E-state index contributed by atoms with van der Waals surface area (Å²) < 4.78 is 6.21. The van der Waals surface area contributed by atoms with Gasteiger partial charge in [-0.15, -0.1) is 22.7 Å². The number of ether oxygens (including phenoxy) is 1. The monoisotopic (exact) mass is 379 g/mol. The van der Waals surface area contributed by atoms with Gasteiger partial charge in [-0.1, -0.05) is 35.3 Å². The molecule has 1 aliphatic heterocycles. The molecule has 0 saturated carbocycles. The molecule has 23 heavy (non-hydrogen) atoms. The number of rotatable bonds is 2. The van der Waals surface area contributed by atoms with E-state index in [0.717, 1.165) is 15.0 Å². The van der Waals surface area contributed by atoms with Gasteiger partial charge in [-0.3, -0.25) is 0 Å². The van der Waals surface area contributed by atoms with E-state index in [1.54, 1.807) is 12.1 Å². The van der Waals surface area contributed by atoms with E-state index in [9.17, 15) is 4.79 Å². The Morgan fingerprint density at radius 2 is 2.09 bits per heavy atom. The standard InChI is InChI=1S/C16H7Cl2NO2S2/c17-8-3-4-10-12(6-8)23-14(13(10)18)15-19-11(16(20)21-15)7-9-2-1-5-22-9/h1-7H/b11-7+. The van der Waals surface area contributed by atoms with Crippen LogP contribution in [-0.2, 0) is 9.53 Å². The van der Waals surface area contributed by atoms with E-state index in [-0.39, 0.29) is 11.6 Å². The van der Waals surface area contributed by atoms with Crippen LogP contribution in [0.25, 0.3) is 16.2 Å². The molecule has 0 aliphatic carbocycles. The number of cyclic esters (lactones) is 1. The first-order chi connectivity index (χ1) is 11.1. The van der Waals surface area contributed by atoms with Crippen molar-refractivity contribution in [1.29, 1.82) is 0 Å². The highest BCUT2D eigenvalue weighted by atomic mass is 35.5. The highest BCUT2D eigenvalue weighted by Gasteiger charge is 2.28. The molecule has 3 aromatic rings. The van der Waals surface area contributed by atoms with Gasteiger partial charge in [0.1, 0.15) is 4.88 Å². The lowest BCUT2D eigenvalue weighted by Crippen LogP contribution is -2.03. The summed E-state index contributed by atoms with van der Waals surface area (Å²) in [5.41, 5.74) is 0.272. The van der Waals surface area contributed by atoms with Crippen molar-refractivity contribution in [2.24, 2.45) is 4.99 Å². The summed E-state index contributed by atoms with van der Waals surface area (Å²) in [6.45, 7) is 0. The van der Waals surface area contributed by atoms with E-state index in [0.29, 0.717) is 14.9 Å². The summed E-state index contributed by atoms with van der Waals surface area (Å²) in [5.74, 6) is -0.236. The van der Waals surface area contributed by atoms with Crippen LogP contribution in [0.5, 0.6) is 0 Å². The Bertz CT molecular complexity index is 987. The molecule has 114 valence electrons. The zero-order chi connectivity index (χ0) is 16.0. The summed E-state index contributed by atoms with van der Waals surface area (Å²) >= 11 is 15.3. The largest absolute Gasteiger partial charge is 0.401 e. The van der Waals surface area contributed by atoms with Crippen LogP contribution in [0.15, 0.2) is 46.4 Å². The number of benzene rings is 1. The highest BCUT2D eigenvalue weighted by Crippen LogP contribution is 2.38. The number of halogens is 2. The van der Waals surface area contributed by atoms with Crippen LogP contribution >= 0.6 is 45.9 Å². The SMILES string of the molecule is O=C1OC(c2sc3cc(Cl)ccc3c2Cl)=N/C1=C/c1cccs1. The molecule has 0 N–H and O–H groups in total. The van der Waals surface area contributed by atoms with Crippen LogP contribution in [0, 0.1) is 0 Å². The van der Waals surface area contributed by atoms with Crippen LogP contribution in [0.3, 0.4) is 0 Å². The van der Waals surface area contributed by atoms with Gasteiger partial charge in [-0.05, 0) is 29.7 Å². The van der Waals surface area contributed by atoms with Gasteiger partial charge in [0.15, 0.2) is 5.70 Å². The molecule has 7 heteroatoms. The van der Waals surface area contributed by atoms with Crippen LogP contribution < -0.4 is 0 Å². The fraction of sp³-hybridized carbons (Fsp3) is 0. The van der Waals surface area contributed by atoms with Crippen LogP contribution in [0.2, 0.25) is 10.0 Å². The maximum absolute atomic E-state index is 12.0. The van der Waals surface area contributed by atoms with Gasteiger partial charge < -0.3 is 4.74 Å². The Morgan fingerprint density at radius 1 is 1.22 bits per heavy atom. The highest BCUT2D eigenvalue weighted by molar-refractivity contribution is 7.21. The van der Waals surface area contributed by atoms with Crippen LogP contribution in [0.1, 0.15) is 9.75 Å². The van der Waals surface area contributed by atoms with Crippen LogP contribution in [0.4, 0.5) is 0 Å². The summed E-state index contributed by atoms with van der Waals surface area (Å²) in [6, 6.07) is 9.27. The number of hydrogen-bond acceptors (Lipinski definition) is 5. The van der Waals surface area contributed by atoms with Gasteiger partial charge in [0.25, 0.3) is 0 Å². The first-order valence-corrected chi connectivity index (χ1v) is 9.01. The van der Waals surface area contributed by atoms with Gasteiger partial charge in [0.2, 0.25) is 5.90 Å². The Hall–Kier alpha value is -1.66. The van der Waals surface area contributed by atoms with E-state index in [4.69, 9.17) is 27.9 Å².